The van der Waals surface area contributed by atoms with E-state index in [4.69, 9.17) is 4.74 Å². The fraction of sp³-hybridized carbons (Fsp3) is 0.368. The maximum absolute atomic E-state index is 13.1. The van der Waals surface area contributed by atoms with E-state index >= 15 is 0 Å². The van der Waals surface area contributed by atoms with Crippen LogP contribution in [0.4, 0.5) is 4.39 Å². The molecular formula is C19H23FO. The molecule has 2 rings (SSSR count). The Bertz CT molecular complexity index is 533. The largest absolute Gasteiger partial charge is 0.373 e. The molecule has 0 fully saturated rings. The summed E-state index contributed by atoms with van der Waals surface area (Å²) < 4.78 is 19.1. The molecule has 0 saturated carbocycles. The van der Waals surface area contributed by atoms with Gasteiger partial charge >= 0.3 is 0 Å². The molecule has 0 N–H and O–H groups in total. The first kappa shape index (κ1) is 15.7. The summed E-state index contributed by atoms with van der Waals surface area (Å²) in [6.45, 7) is 7.05. The highest BCUT2D eigenvalue weighted by atomic mass is 19.1. The molecule has 2 atom stereocenters. The predicted octanol–water partition coefficient (Wildman–Crippen LogP) is 5.17. The summed E-state index contributed by atoms with van der Waals surface area (Å²) >= 11 is 0. The Labute approximate surface area is 126 Å². The van der Waals surface area contributed by atoms with Crippen LogP contribution < -0.4 is 0 Å². The highest BCUT2D eigenvalue weighted by Gasteiger charge is 2.23. The normalized spacial score (nSPS) is 14.1. The second kappa shape index (κ2) is 7.37. The molecule has 112 valence electrons. The quantitative estimate of drug-likeness (QED) is 0.711. The zero-order valence-electron chi connectivity index (χ0n) is 12.9. The standard InChI is InChI=1S/C19H23FO/c1-14(2)19(17-9-11-18(20)12-10-17)15(3)21-13-16-7-5-4-6-8-16/h4-12,14-15,19H,13H2,1-3H3/t15-,19?/m0/s1. The smallest absolute Gasteiger partial charge is 0.123 e. The molecule has 0 radical (unpaired) electrons. The summed E-state index contributed by atoms with van der Waals surface area (Å²) in [7, 11) is 0. The topological polar surface area (TPSA) is 9.23 Å². The SMILES string of the molecule is CC(C)C(c1ccc(F)cc1)[C@H](C)OCc1ccccc1. The van der Waals surface area contributed by atoms with Gasteiger partial charge in [-0.1, -0.05) is 56.3 Å². The van der Waals surface area contributed by atoms with Gasteiger partial charge in [0.1, 0.15) is 5.82 Å². The Morgan fingerprint density at radius 1 is 0.905 bits per heavy atom. The van der Waals surface area contributed by atoms with Crippen molar-refractivity contribution in [2.24, 2.45) is 5.92 Å². The summed E-state index contributed by atoms with van der Waals surface area (Å²) in [5.74, 6) is 0.495. The highest BCUT2D eigenvalue weighted by molar-refractivity contribution is 5.22. The number of ether oxygens (including phenoxy) is 1. The van der Waals surface area contributed by atoms with Crippen LogP contribution in [-0.2, 0) is 11.3 Å². The van der Waals surface area contributed by atoms with Gasteiger partial charge in [-0.3, -0.25) is 0 Å². The highest BCUT2D eigenvalue weighted by Crippen LogP contribution is 2.30. The summed E-state index contributed by atoms with van der Waals surface area (Å²) in [5, 5.41) is 0. The van der Waals surface area contributed by atoms with Gasteiger partial charge in [-0.15, -0.1) is 0 Å². The molecule has 0 heterocycles. The fourth-order valence-electron chi connectivity index (χ4n) is 2.79. The second-order valence-electron chi connectivity index (χ2n) is 5.82. The maximum Gasteiger partial charge on any atom is 0.123 e. The molecule has 2 heteroatoms. The zero-order chi connectivity index (χ0) is 15.2. The van der Waals surface area contributed by atoms with Crippen LogP contribution in [0.5, 0.6) is 0 Å². The van der Waals surface area contributed by atoms with Crippen LogP contribution in [0.25, 0.3) is 0 Å². The van der Waals surface area contributed by atoms with Gasteiger partial charge in [0.2, 0.25) is 0 Å². The molecule has 2 aromatic carbocycles. The predicted molar refractivity (Wildman–Crippen MR) is 84.7 cm³/mol. The Hall–Kier alpha value is -1.67. The third-order valence-electron chi connectivity index (χ3n) is 3.83. The molecule has 0 aliphatic rings. The molecule has 0 spiro atoms. The summed E-state index contributed by atoms with van der Waals surface area (Å²) in [6.07, 6.45) is 0.0793. The average molecular weight is 286 g/mol. The third kappa shape index (κ3) is 4.40. The van der Waals surface area contributed by atoms with E-state index in [1.807, 2.05) is 30.3 Å². The Kier molecular flexibility index (Phi) is 5.51. The minimum absolute atomic E-state index is 0.0793. The van der Waals surface area contributed by atoms with Crippen LogP contribution in [0.1, 0.15) is 37.8 Å². The van der Waals surface area contributed by atoms with Gasteiger partial charge in [0.05, 0.1) is 12.7 Å². The van der Waals surface area contributed by atoms with Crippen LogP contribution >= 0.6 is 0 Å². The molecule has 0 saturated heterocycles. The minimum Gasteiger partial charge on any atom is -0.373 e. The molecule has 0 bridgehead atoms. The summed E-state index contributed by atoms with van der Waals surface area (Å²) in [4.78, 5) is 0. The van der Waals surface area contributed by atoms with Crippen molar-refractivity contribution in [2.45, 2.75) is 39.4 Å². The van der Waals surface area contributed by atoms with Gasteiger partial charge in [0.25, 0.3) is 0 Å². The Morgan fingerprint density at radius 2 is 1.52 bits per heavy atom. The van der Waals surface area contributed by atoms with E-state index in [2.05, 4.69) is 32.9 Å². The molecule has 21 heavy (non-hydrogen) atoms. The summed E-state index contributed by atoms with van der Waals surface area (Å²) in [6, 6.07) is 16.9. The Morgan fingerprint density at radius 3 is 2.10 bits per heavy atom. The van der Waals surface area contributed by atoms with Crippen molar-refractivity contribution in [2.75, 3.05) is 0 Å². The molecular weight excluding hydrogens is 263 g/mol. The van der Waals surface area contributed by atoms with Crippen molar-refractivity contribution in [3.8, 4) is 0 Å². The van der Waals surface area contributed by atoms with Crippen LogP contribution in [0.2, 0.25) is 0 Å². The molecule has 1 nitrogen and oxygen atoms in total. The van der Waals surface area contributed by atoms with Crippen molar-refractivity contribution in [3.05, 3.63) is 71.5 Å². The number of rotatable bonds is 6. The lowest BCUT2D eigenvalue weighted by molar-refractivity contribution is 0.0239. The van der Waals surface area contributed by atoms with Crippen LogP contribution in [0.3, 0.4) is 0 Å². The van der Waals surface area contributed by atoms with Crippen LogP contribution in [-0.4, -0.2) is 6.10 Å². The Balaban J connectivity index is 2.05. The fourth-order valence-corrected chi connectivity index (χ4v) is 2.79. The molecule has 0 aliphatic carbocycles. The van der Waals surface area contributed by atoms with Crippen molar-refractivity contribution < 1.29 is 9.13 Å². The van der Waals surface area contributed by atoms with Gasteiger partial charge in [0, 0.05) is 5.92 Å². The van der Waals surface area contributed by atoms with Gasteiger partial charge in [0.15, 0.2) is 0 Å². The van der Waals surface area contributed by atoms with E-state index in [-0.39, 0.29) is 17.8 Å². The number of hydrogen-bond donors (Lipinski definition) is 0. The van der Waals surface area contributed by atoms with Crippen molar-refractivity contribution in [1.29, 1.82) is 0 Å². The van der Waals surface area contributed by atoms with Crippen molar-refractivity contribution in [1.82, 2.24) is 0 Å². The van der Waals surface area contributed by atoms with Gasteiger partial charge < -0.3 is 4.74 Å². The first-order chi connectivity index (χ1) is 10.1. The first-order valence-corrected chi connectivity index (χ1v) is 7.49. The molecule has 0 aliphatic heterocycles. The van der Waals surface area contributed by atoms with Crippen molar-refractivity contribution in [3.63, 3.8) is 0 Å². The van der Waals surface area contributed by atoms with E-state index in [9.17, 15) is 4.39 Å². The van der Waals surface area contributed by atoms with Crippen LogP contribution in [0.15, 0.2) is 54.6 Å². The van der Waals surface area contributed by atoms with Gasteiger partial charge in [-0.25, -0.2) is 4.39 Å². The molecule has 2 aromatic rings. The maximum atomic E-state index is 13.1. The number of hydrogen-bond acceptors (Lipinski definition) is 1. The van der Waals surface area contributed by atoms with Gasteiger partial charge in [-0.2, -0.15) is 0 Å². The lowest BCUT2D eigenvalue weighted by Crippen LogP contribution is -2.23. The van der Waals surface area contributed by atoms with Crippen LogP contribution in [0, 0.1) is 11.7 Å². The number of halogens is 1. The van der Waals surface area contributed by atoms with E-state index in [0.29, 0.717) is 12.5 Å². The average Bonchev–Trinajstić information content (AvgIpc) is 2.48. The van der Waals surface area contributed by atoms with E-state index in [1.165, 1.54) is 17.7 Å². The lowest BCUT2D eigenvalue weighted by Gasteiger charge is -2.28. The van der Waals surface area contributed by atoms with E-state index < -0.39 is 0 Å². The molecule has 1 unspecified atom stereocenters. The first-order valence-electron chi connectivity index (χ1n) is 7.49. The summed E-state index contributed by atoms with van der Waals surface area (Å²) in [5.41, 5.74) is 2.30. The number of benzene rings is 2. The molecule has 0 amide bonds. The molecule has 0 aromatic heterocycles. The van der Waals surface area contributed by atoms with Crippen molar-refractivity contribution >= 4 is 0 Å². The third-order valence-corrected chi connectivity index (χ3v) is 3.83. The van der Waals surface area contributed by atoms with E-state index in [0.717, 1.165) is 5.56 Å². The lowest BCUT2D eigenvalue weighted by atomic mass is 9.84. The van der Waals surface area contributed by atoms with E-state index in [1.54, 1.807) is 0 Å². The minimum atomic E-state index is -0.195. The van der Waals surface area contributed by atoms with Gasteiger partial charge in [-0.05, 0) is 36.1 Å². The monoisotopic (exact) mass is 286 g/mol. The zero-order valence-corrected chi connectivity index (χ0v) is 12.9. The second-order valence-corrected chi connectivity index (χ2v) is 5.82.